The smallest absolute Gasteiger partial charge is 0.136 e. The molecule has 1 heterocycles. The van der Waals surface area contributed by atoms with E-state index in [1.54, 1.807) is 0 Å². The van der Waals surface area contributed by atoms with E-state index >= 15 is 0 Å². The molecule has 9 rings (SSSR count). The number of nitrogens with zero attached hydrogens (tertiary/aromatic N) is 1. The number of furan rings is 1. The second-order valence-corrected chi connectivity index (χ2v) is 13.2. The molecule has 1 fully saturated rings. The number of fused-ring (bicyclic) bond motifs is 4. The molecule has 0 aliphatic heterocycles. The van der Waals surface area contributed by atoms with Crippen LogP contribution in [0.15, 0.2) is 168 Å². The average molecular weight is 620 g/mol. The fraction of sp³-hybridized carbons (Fsp3) is 0.130. The molecule has 48 heavy (non-hydrogen) atoms. The number of benzene rings is 7. The lowest BCUT2D eigenvalue weighted by Gasteiger charge is -2.39. The van der Waals surface area contributed by atoms with Crippen LogP contribution >= 0.6 is 0 Å². The van der Waals surface area contributed by atoms with E-state index in [2.05, 4.69) is 169 Å². The van der Waals surface area contributed by atoms with Crippen molar-refractivity contribution in [2.75, 3.05) is 4.90 Å². The van der Waals surface area contributed by atoms with Gasteiger partial charge >= 0.3 is 0 Å². The van der Waals surface area contributed by atoms with Crippen LogP contribution in [-0.2, 0) is 5.41 Å². The first-order valence-corrected chi connectivity index (χ1v) is 17.2. The van der Waals surface area contributed by atoms with E-state index in [1.807, 2.05) is 0 Å². The summed E-state index contributed by atoms with van der Waals surface area (Å²) >= 11 is 0. The van der Waals surface area contributed by atoms with Gasteiger partial charge in [0.15, 0.2) is 0 Å². The highest BCUT2D eigenvalue weighted by Gasteiger charge is 2.35. The van der Waals surface area contributed by atoms with Crippen LogP contribution in [0.4, 0.5) is 17.1 Å². The molecule has 232 valence electrons. The van der Waals surface area contributed by atoms with Crippen LogP contribution in [-0.4, -0.2) is 0 Å². The van der Waals surface area contributed by atoms with E-state index in [1.165, 1.54) is 65.1 Å². The Morgan fingerprint density at radius 3 is 1.90 bits per heavy atom. The summed E-state index contributed by atoms with van der Waals surface area (Å²) in [6.07, 6.45) is 6.24. The van der Waals surface area contributed by atoms with E-state index in [4.69, 9.17) is 4.42 Å². The minimum Gasteiger partial charge on any atom is -0.456 e. The zero-order chi connectivity index (χ0) is 31.9. The van der Waals surface area contributed by atoms with Crippen LogP contribution in [0, 0.1) is 0 Å². The van der Waals surface area contributed by atoms with Gasteiger partial charge in [-0.1, -0.05) is 135 Å². The molecule has 0 bridgehead atoms. The standard InChI is InChI=1S/C46H37NO/c1-4-14-34(15-5-1)41-19-12-20-44-45(41)42-32-40(27-28-43(42)48-44)47(39-24-21-33-13-8-9-16-35(33)31-39)38-25-22-37(23-26-38)46(29-10-3-11-30-46)36-17-6-2-7-18-36/h1-2,4-9,12-28,31-32H,3,10-11,29-30H2. The minimum absolute atomic E-state index is 0.0638. The van der Waals surface area contributed by atoms with Gasteiger partial charge < -0.3 is 9.32 Å². The molecule has 2 nitrogen and oxygen atoms in total. The second kappa shape index (κ2) is 11.9. The summed E-state index contributed by atoms with van der Waals surface area (Å²) in [6.45, 7) is 0. The van der Waals surface area contributed by atoms with Gasteiger partial charge in [0.25, 0.3) is 0 Å². The van der Waals surface area contributed by atoms with Crippen LogP contribution in [0.25, 0.3) is 43.8 Å². The molecule has 1 aromatic heterocycles. The lowest BCUT2D eigenvalue weighted by Crippen LogP contribution is -2.30. The molecule has 2 heteroatoms. The lowest BCUT2D eigenvalue weighted by atomic mass is 9.65. The van der Waals surface area contributed by atoms with Gasteiger partial charge in [0.1, 0.15) is 11.2 Å². The van der Waals surface area contributed by atoms with Crippen molar-refractivity contribution in [2.45, 2.75) is 37.5 Å². The molecule has 1 aliphatic carbocycles. The Morgan fingerprint density at radius 1 is 0.458 bits per heavy atom. The van der Waals surface area contributed by atoms with Crippen molar-refractivity contribution in [3.8, 4) is 11.1 Å². The summed E-state index contributed by atoms with van der Waals surface area (Å²) in [4.78, 5) is 2.40. The molecule has 0 atom stereocenters. The number of rotatable bonds is 6. The molecule has 8 aromatic rings. The monoisotopic (exact) mass is 619 g/mol. The van der Waals surface area contributed by atoms with Gasteiger partial charge in [0, 0.05) is 33.2 Å². The van der Waals surface area contributed by atoms with E-state index in [9.17, 15) is 0 Å². The van der Waals surface area contributed by atoms with Crippen molar-refractivity contribution in [1.29, 1.82) is 0 Å². The Morgan fingerprint density at radius 2 is 1.10 bits per heavy atom. The van der Waals surface area contributed by atoms with Gasteiger partial charge in [0.05, 0.1) is 0 Å². The van der Waals surface area contributed by atoms with Crippen molar-refractivity contribution in [2.24, 2.45) is 0 Å². The Labute approximate surface area is 281 Å². The summed E-state index contributed by atoms with van der Waals surface area (Å²) in [7, 11) is 0. The van der Waals surface area contributed by atoms with Crippen LogP contribution < -0.4 is 4.90 Å². The zero-order valence-corrected chi connectivity index (χ0v) is 27.0. The van der Waals surface area contributed by atoms with Gasteiger partial charge in [-0.15, -0.1) is 0 Å². The first kappa shape index (κ1) is 28.6. The molecule has 7 aromatic carbocycles. The third-order valence-corrected chi connectivity index (χ3v) is 10.5. The molecule has 0 spiro atoms. The topological polar surface area (TPSA) is 16.4 Å². The molecule has 0 amide bonds. The third kappa shape index (κ3) is 4.88. The van der Waals surface area contributed by atoms with Crippen LogP contribution in [0.2, 0.25) is 0 Å². The Kier molecular flexibility index (Phi) is 7.08. The second-order valence-electron chi connectivity index (χ2n) is 13.2. The highest BCUT2D eigenvalue weighted by molar-refractivity contribution is 6.13. The summed E-state index contributed by atoms with van der Waals surface area (Å²) < 4.78 is 6.44. The molecular weight excluding hydrogens is 583 g/mol. The van der Waals surface area contributed by atoms with Gasteiger partial charge in [-0.2, -0.15) is 0 Å². The summed E-state index contributed by atoms with van der Waals surface area (Å²) in [5, 5.41) is 4.73. The maximum absolute atomic E-state index is 6.44. The quantitative estimate of drug-likeness (QED) is 0.184. The molecular formula is C46H37NO. The van der Waals surface area contributed by atoms with Crippen molar-refractivity contribution in [3.63, 3.8) is 0 Å². The largest absolute Gasteiger partial charge is 0.456 e. The molecule has 1 saturated carbocycles. The predicted octanol–water partition coefficient (Wildman–Crippen LogP) is 13.1. The molecule has 0 radical (unpaired) electrons. The maximum atomic E-state index is 6.44. The van der Waals surface area contributed by atoms with E-state index in [0.29, 0.717) is 0 Å². The lowest BCUT2D eigenvalue weighted by molar-refractivity contribution is 0.346. The van der Waals surface area contributed by atoms with Crippen molar-refractivity contribution < 1.29 is 4.42 Å². The first-order chi connectivity index (χ1) is 23.8. The minimum atomic E-state index is 0.0638. The normalized spacial score (nSPS) is 14.4. The predicted molar refractivity (Wildman–Crippen MR) is 202 cm³/mol. The fourth-order valence-electron chi connectivity index (χ4n) is 8.16. The summed E-state index contributed by atoms with van der Waals surface area (Å²) in [5.41, 5.74) is 10.5. The van der Waals surface area contributed by atoms with E-state index in [0.717, 1.165) is 39.0 Å². The molecule has 0 unspecified atom stereocenters. The summed E-state index contributed by atoms with van der Waals surface area (Å²) in [6, 6.07) is 59.6. The Bertz CT molecular complexity index is 2360. The van der Waals surface area contributed by atoms with Crippen molar-refractivity contribution in [3.05, 3.63) is 175 Å². The number of anilines is 3. The fourth-order valence-corrected chi connectivity index (χ4v) is 8.16. The molecule has 0 N–H and O–H groups in total. The first-order valence-electron chi connectivity index (χ1n) is 17.2. The van der Waals surface area contributed by atoms with Gasteiger partial charge in [-0.05, 0) is 94.4 Å². The van der Waals surface area contributed by atoms with Crippen molar-refractivity contribution >= 4 is 49.8 Å². The highest BCUT2D eigenvalue weighted by Crippen LogP contribution is 2.47. The van der Waals surface area contributed by atoms with Gasteiger partial charge in [0.2, 0.25) is 0 Å². The highest BCUT2D eigenvalue weighted by atomic mass is 16.3. The van der Waals surface area contributed by atoms with Crippen LogP contribution in [0.5, 0.6) is 0 Å². The Hall–Kier alpha value is -5.60. The average Bonchev–Trinajstić information content (AvgIpc) is 3.54. The van der Waals surface area contributed by atoms with Crippen molar-refractivity contribution in [1.82, 2.24) is 0 Å². The van der Waals surface area contributed by atoms with Gasteiger partial charge in [-0.3, -0.25) is 0 Å². The molecule has 0 saturated heterocycles. The van der Waals surface area contributed by atoms with Crippen LogP contribution in [0.1, 0.15) is 43.2 Å². The van der Waals surface area contributed by atoms with E-state index in [-0.39, 0.29) is 5.41 Å². The zero-order valence-electron chi connectivity index (χ0n) is 27.0. The SMILES string of the molecule is c1ccc(-c2cccc3oc4ccc(N(c5ccc(C6(c7ccccc7)CCCCC6)cc5)c5ccc6ccccc6c5)cc4c23)cc1. The van der Waals surface area contributed by atoms with Gasteiger partial charge in [-0.25, -0.2) is 0 Å². The summed E-state index contributed by atoms with van der Waals surface area (Å²) in [5.74, 6) is 0. The maximum Gasteiger partial charge on any atom is 0.136 e. The molecule has 1 aliphatic rings. The number of hydrogen-bond acceptors (Lipinski definition) is 2. The third-order valence-electron chi connectivity index (χ3n) is 10.5. The van der Waals surface area contributed by atoms with Crippen LogP contribution in [0.3, 0.4) is 0 Å². The van der Waals surface area contributed by atoms with E-state index < -0.39 is 0 Å². The Balaban J connectivity index is 1.21. The number of hydrogen-bond donors (Lipinski definition) is 0.